The third-order valence-electron chi connectivity index (χ3n) is 3.92. The summed E-state index contributed by atoms with van der Waals surface area (Å²) in [6.07, 6.45) is 2.38. The summed E-state index contributed by atoms with van der Waals surface area (Å²) >= 11 is 6.37. The summed E-state index contributed by atoms with van der Waals surface area (Å²) in [5.74, 6) is 0. The molecule has 0 bridgehead atoms. The zero-order chi connectivity index (χ0) is 13.9. The molecule has 0 fully saturated rings. The predicted molar refractivity (Wildman–Crippen MR) is 85.2 cm³/mol. The van der Waals surface area contributed by atoms with Gasteiger partial charge in [0.25, 0.3) is 0 Å². The second kappa shape index (κ2) is 5.86. The van der Waals surface area contributed by atoms with Crippen molar-refractivity contribution in [2.45, 2.75) is 25.9 Å². The number of para-hydroxylation sites is 1. The van der Waals surface area contributed by atoms with Crippen LogP contribution in [0.4, 0.5) is 5.69 Å². The van der Waals surface area contributed by atoms with Crippen LogP contribution in [0.2, 0.25) is 5.02 Å². The minimum absolute atomic E-state index is 0.534. The fourth-order valence-corrected chi connectivity index (χ4v) is 3.09. The molecule has 2 aromatic carbocycles. The zero-order valence-electron chi connectivity index (χ0n) is 11.5. The van der Waals surface area contributed by atoms with Crippen molar-refractivity contribution in [2.75, 3.05) is 11.4 Å². The van der Waals surface area contributed by atoms with E-state index in [1.54, 1.807) is 0 Å². The lowest BCUT2D eigenvalue weighted by molar-refractivity contribution is 0.691. The van der Waals surface area contributed by atoms with Gasteiger partial charge in [-0.05, 0) is 41.7 Å². The molecule has 0 aliphatic carbocycles. The molecule has 0 radical (unpaired) electrons. The van der Waals surface area contributed by atoms with E-state index in [0.717, 1.165) is 23.7 Å². The minimum Gasteiger partial charge on any atom is -0.367 e. The summed E-state index contributed by atoms with van der Waals surface area (Å²) in [6, 6.07) is 14.8. The van der Waals surface area contributed by atoms with Crippen molar-refractivity contribution in [3.05, 3.63) is 64.2 Å². The number of nitrogens with zero attached hydrogens (tertiary/aromatic N) is 1. The summed E-state index contributed by atoms with van der Waals surface area (Å²) in [6.45, 7) is 2.49. The first-order valence-electron chi connectivity index (χ1n) is 7.08. The summed E-state index contributed by atoms with van der Waals surface area (Å²) in [4.78, 5) is 2.42. The van der Waals surface area contributed by atoms with E-state index in [-0.39, 0.29) is 0 Å². The number of fused-ring (bicyclic) bond motifs is 1. The van der Waals surface area contributed by atoms with Crippen molar-refractivity contribution in [1.29, 1.82) is 0 Å². The average molecular weight is 287 g/mol. The maximum Gasteiger partial charge on any atom is 0.0459 e. The number of hydrogen-bond acceptors (Lipinski definition) is 2. The van der Waals surface area contributed by atoms with Gasteiger partial charge in [0.1, 0.15) is 0 Å². The molecular weight excluding hydrogens is 268 g/mol. The van der Waals surface area contributed by atoms with Gasteiger partial charge in [-0.2, -0.15) is 0 Å². The molecule has 3 rings (SSSR count). The standard InChI is InChI=1S/C17H19ClN2/c18-16-10-13(11-19)7-8-15(16)12-20-9-3-5-14-4-1-2-6-17(14)20/h1-2,4,6-8,10H,3,5,9,11-12,19H2. The first kappa shape index (κ1) is 13.5. The molecule has 104 valence electrons. The van der Waals surface area contributed by atoms with E-state index >= 15 is 0 Å². The molecule has 0 saturated heterocycles. The molecule has 0 spiro atoms. The van der Waals surface area contributed by atoms with E-state index in [9.17, 15) is 0 Å². The van der Waals surface area contributed by atoms with Gasteiger partial charge >= 0.3 is 0 Å². The Hall–Kier alpha value is -1.51. The molecule has 2 N–H and O–H groups in total. The van der Waals surface area contributed by atoms with Gasteiger partial charge in [-0.15, -0.1) is 0 Å². The van der Waals surface area contributed by atoms with Gasteiger partial charge in [0.15, 0.2) is 0 Å². The molecule has 1 aliphatic heterocycles. The molecule has 20 heavy (non-hydrogen) atoms. The lowest BCUT2D eigenvalue weighted by Crippen LogP contribution is -2.28. The van der Waals surface area contributed by atoms with Gasteiger partial charge in [-0.25, -0.2) is 0 Å². The van der Waals surface area contributed by atoms with E-state index < -0.39 is 0 Å². The van der Waals surface area contributed by atoms with E-state index in [0.29, 0.717) is 6.54 Å². The van der Waals surface area contributed by atoms with Crippen molar-refractivity contribution in [2.24, 2.45) is 5.73 Å². The van der Waals surface area contributed by atoms with Gasteiger partial charge < -0.3 is 10.6 Å². The lowest BCUT2D eigenvalue weighted by atomic mass is 10.0. The fourth-order valence-electron chi connectivity index (χ4n) is 2.83. The quantitative estimate of drug-likeness (QED) is 0.931. The normalized spacial score (nSPS) is 14.2. The molecule has 1 heterocycles. The Bertz CT molecular complexity index is 610. The number of aryl methyl sites for hydroxylation is 1. The zero-order valence-corrected chi connectivity index (χ0v) is 12.2. The first-order valence-corrected chi connectivity index (χ1v) is 7.46. The predicted octanol–water partition coefficient (Wildman–Crippen LogP) is 3.75. The molecule has 0 saturated carbocycles. The fraction of sp³-hybridized carbons (Fsp3) is 0.294. The molecule has 3 heteroatoms. The second-order valence-electron chi connectivity index (χ2n) is 5.28. The highest BCUT2D eigenvalue weighted by Crippen LogP contribution is 2.29. The molecule has 0 unspecified atom stereocenters. The Morgan fingerprint density at radius 3 is 2.80 bits per heavy atom. The summed E-state index contributed by atoms with van der Waals surface area (Å²) in [5, 5.41) is 0.816. The first-order chi connectivity index (χ1) is 9.78. The summed E-state index contributed by atoms with van der Waals surface area (Å²) in [5.41, 5.74) is 10.7. The molecule has 2 nitrogen and oxygen atoms in total. The Labute approximate surface area is 125 Å². The Kier molecular flexibility index (Phi) is 3.95. The molecular formula is C17H19ClN2. The maximum absolute atomic E-state index is 6.37. The summed E-state index contributed by atoms with van der Waals surface area (Å²) < 4.78 is 0. The van der Waals surface area contributed by atoms with Crippen LogP contribution in [-0.4, -0.2) is 6.54 Å². The van der Waals surface area contributed by atoms with Crippen LogP contribution >= 0.6 is 11.6 Å². The lowest BCUT2D eigenvalue weighted by Gasteiger charge is -2.31. The van der Waals surface area contributed by atoms with Crippen molar-refractivity contribution < 1.29 is 0 Å². The van der Waals surface area contributed by atoms with Gasteiger partial charge in [0.2, 0.25) is 0 Å². The van der Waals surface area contributed by atoms with Crippen molar-refractivity contribution in [3.8, 4) is 0 Å². The van der Waals surface area contributed by atoms with Crippen LogP contribution in [0.1, 0.15) is 23.1 Å². The minimum atomic E-state index is 0.534. The van der Waals surface area contributed by atoms with Crippen LogP contribution in [0, 0.1) is 0 Å². The number of hydrogen-bond donors (Lipinski definition) is 1. The van der Waals surface area contributed by atoms with Crippen molar-refractivity contribution in [1.82, 2.24) is 0 Å². The Morgan fingerprint density at radius 1 is 1.15 bits per heavy atom. The third kappa shape index (κ3) is 2.67. The van der Waals surface area contributed by atoms with Gasteiger partial charge in [-0.3, -0.25) is 0 Å². The monoisotopic (exact) mass is 286 g/mol. The average Bonchev–Trinajstić information content (AvgIpc) is 2.49. The van der Waals surface area contributed by atoms with Crippen LogP contribution in [0.25, 0.3) is 0 Å². The van der Waals surface area contributed by atoms with E-state index in [2.05, 4.69) is 41.3 Å². The Balaban J connectivity index is 1.85. The number of benzene rings is 2. The molecule has 0 atom stereocenters. The van der Waals surface area contributed by atoms with Crippen molar-refractivity contribution >= 4 is 17.3 Å². The number of halogens is 1. The van der Waals surface area contributed by atoms with Gasteiger partial charge in [0, 0.05) is 30.3 Å². The SMILES string of the molecule is NCc1ccc(CN2CCCc3ccccc32)c(Cl)c1. The molecule has 0 amide bonds. The van der Waals surface area contributed by atoms with E-state index in [1.165, 1.54) is 29.7 Å². The largest absolute Gasteiger partial charge is 0.367 e. The molecule has 1 aliphatic rings. The molecule has 0 aromatic heterocycles. The van der Waals surface area contributed by atoms with Crippen LogP contribution in [0.3, 0.4) is 0 Å². The van der Waals surface area contributed by atoms with Gasteiger partial charge in [-0.1, -0.05) is 41.9 Å². The van der Waals surface area contributed by atoms with Crippen LogP contribution in [-0.2, 0) is 19.5 Å². The van der Waals surface area contributed by atoms with Crippen molar-refractivity contribution in [3.63, 3.8) is 0 Å². The van der Waals surface area contributed by atoms with E-state index in [1.807, 2.05) is 6.07 Å². The van der Waals surface area contributed by atoms with Crippen LogP contribution in [0.5, 0.6) is 0 Å². The smallest absolute Gasteiger partial charge is 0.0459 e. The van der Waals surface area contributed by atoms with Gasteiger partial charge in [0.05, 0.1) is 0 Å². The maximum atomic E-state index is 6.37. The third-order valence-corrected chi connectivity index (χ3v) is 4.27. The summed E-state index contributed by atoms with van der Waals surface area (Å²) in [7, 11) is 0. The van der Waals surface area contributed by atoms with Crippen LogP contribution in [0.15, 0.2) is 42.5 Å². The number of nitrogens with two attached hydrogens (primary N) is 1. The van der Waals surface area contributed by atoms with Crippen LogP contribution < -0.4 is 10.6 Å². The Morgan fingerprint density at radius 2 is 2.00 bits per heavy atom. The highest BCUT2D eigenvalue weighted by Gasteiger charge is 2.17. The highest BCUT2D eigenvalue weighted by atomic mass is 35.5. The number of rotatable bonds is 3. The van der Waals surface area contributed by atoms with E-state index in [4.69, 9.17) is 17.3 Å². The highest BCUT2D eigenvalue weighted by molar-refractivity contribution is 6.31. The topological polar surface area (TPSA) is 29.3 Å². The second-order valence-corrected chi connectivity index (χ2v) is 5.69. The molecule has 2 aromatic rings. The number of anilines is 1.